The summed E-state index contributed by atoms with van der Waals surface area (Å²) < 4.78 is 10.6. The number of hydrogen-bond donors (Lipinski definition) is 2. The first-order valence-corrected chi connectivity index (χ1v) is 9.49. The van der Waals surface area contributed by atoms with E-state index in [1.807, 2.05) is 6.07 Å². The Morgan fingerprint density at radius 2 is 1.68 bits per heavy atom. The van der Waals surface area contributed by atoms with Crippen LogP contribution in [0.2, 0.25) is 0 Å². The summed E-state index contributed by atoms with van der Waals surface area (Å²) in [7, 11) is 34.3. The fourth-order valence-corrected chi connectivity index (χ4v) is 3.05. The molecular weight excluding hydrogens is 389 g/mol. The van der Waals surface area contributed by atoms with Crippen molar-refractivity contribution in [2.45, 2.75) is 29.7 Å². The molecule has 0 unspecified atom stereocenters. The molecule has 148 valence electrons. The van der Waals surface area contributed by atoms with Crippen LogP contribution in [0.25, 0.3) is 10.9 Å². The van der Waals surface area contributed by atoms with Crippen LogP contribution >= 0.6 is 0 Å². The number of ether oxygens (including phenoxy) is 2. The summed E-state index contributed by atoms with van der Waals surface area (Å²) in [5.41, 5.74) is 1.51. The zero-order valence-electron chi connectivity index (χ0n) is 17.0. The number of benzene rings is 1. The van der Waals surface area contributed by atoms with E-state index in [9.17, 15) is 9.59 Å². The molecule has 0 aliphatic carbocycles. The van der Waals surface area contributed by atoms with Gasteiger partial charge < -0.3 is 24.5 Å². The summed E-state index contributed by atoms with van der Waals surface area (Å²) in [6.07, 6.45) is 1.91. The molecular formula is C18H18B6N2O5. The van der Waals surface area contributed by atoms with Crippen LogP contribution in [0.1, 0.15) is 18.4 Å². The molecule has 0 aliphatic rings. The predicted octanol–water partition coefficient (Wildman–Crippen LogP) is -0.967. The Bertz CT molecular complexity index is 895. The number of carboxylic acid groups (broad SMARTS) is 1. The molecule has 2 rings (SSSR count). The van der Waals surface area contributed by atoms with Gasteiger partial charge >= 0.3 is 11.9 Å². The van der Waals surface area contributed by atoms with Crippen molar-refractivity contribution in [3.05, 3.63) is 30.0 Å². The summed E-state index contributed by atoms with van der Waals surface area (Å²) in [5, 5.41) is 5.55. The average Bonchev–Trinajstić information content (AvgIpc) is 3.03. The lowest BCUT2D eigenvalue weighted by Crippen LogP contribution is -2.64. The summed E-state index contributed by atoms with van der Waals surface area (Å²) in [6, 6.07) is 5.20. The molecule has 0 amide bonds. The maximum Gasteiger partial charge on any atom is 0.313 e. The van der Waals surface area contributed by atoms with E-state index in [0.717, 1.165) is 16.0 Å². The number of nitrogens with one attached hydrogen (secondary N) is 1. The highest BCUT2D eigenvalue weighted by Crippen LogP contribution is 2.30. The second-order valence-electron chi connectivity index (χ2n) is 7.15. The lowest BCUT2D eigenvalue weighted by atomic mass is 9.40. The number of esters is 1. The third kappa shape index (κ3) is 7.58. The van der Waals surface area contributed by atoms with Gasteiger partial charge in [0.1, 0.15) is 5.75 Å². The maximum absolute atomic E-state index is 12.2. The van der Waals surface area contributed by atoms with Crippen molar-refractivity contribution in [3.63, 3.8) is 0 Å². The average molecular weight is 407 g/mol. The van der Waals surface area contributed by atoms with E-state index >= 15 is 0 Å². The van der Waals surface area contributed by atoms with Crippen LogP contribution in [-0.2, 0) is 20.7 Å². The van der Waals surface area contributed by atoms with Gasteiger partial charge in [-0.25, -0.2) is 0 Å². The van der Waals surface area contributed by atoms with E-state index in [1.165, 1.54) is 0 Å². The van der Waals surface area contributed by atoms with Gasteiger partial charge in [0.15, 0.2) is 0 Å². The smallest absolute Gasteiger partial charge is 0.313 e. The van der Waals surface area contributed by atoms with Crippen molar-refractivity contribution in [1.82, 2.24) is 9.88 Å². The Morgan fingerprint density at radius 3 is 2.29 bits per heavy atom. The molecule has 2 N–H and O–H groups in total. The summed E-state index contributed by atoms with van der Waals surface area (Å²) >= 11 is 0. The minimum absolute atomic E-state index is 0.0203. The van der Waals surface area contributed by atoms with Crippen LogP contribution in [0.5, 0.6) is 5.75 Å². The molecule has 2 aromatic rings. The first kappa shape index (κ1) is 25.3. The molecule has 0 bridgehead atoms. The molecule has 13 heteroatoms. The van der Waals surface area contributed by atoms with Crippen molar-refractivity contribution in [2.24, 2.45) is 0 Å². The number of H-pyrrole nitrogens is 1. The van der Waals surface area contributed by atoms with E-state index in [4.69, 9.17) is 61.7 Å². The van der Waals surface area contributed by atoms with E-state index in [-0.39, 0.29) is 32.6 Å². The normalized spacial score (nSPS) is 12.3. The van der Waals surface area contributed by atoms with Crippen LogP contribution in [0.4, 0.5) is 0 Å². The first-order chi connectivity index (χ1) is 14.4. The fraction of sp³-hybridized carbons (Fsp3) is 0.444. The monoisotopic (exact) mass is 408 g/mol. The fourth-order valence-electron chi connectivity index (χ4n) is 3.05. The molecule has 0 fully saturated rings. The van der Waals surface area contributed by atoms with Crippen molar-refractivity contribution in [1.29, 1.82) is 0 Å². The van der Waals surface area contributed by atoms with Gasteiger partial charge in [0, 0.05) is 17.1 Å². The summed E-state index contributed by atoms with van der Waals surface area (Å²) in [4.78, 5) is 26.9. The minimum atomic E-state index is -1.85. The number of aromatic amines is 1. The van der Waals surface area contributed by atoms with E-state index in [1.54, 1.807) is 18.3 Å². The number of carbonyl (C=O) groups is 2. The van der Waals surface area contributed by atoms with Crippen LogP contribution in [0.15, 0.2) is 24.4 Å². The molecule has 0 saturated carbocycles. The molecule has 1 aromatic heterocycles. The Morgan fingerprint density at radius 1 is 1.03 bits per heavy atom. The quantitative estimate of drug-likeness (QED) is 0.204. The maximum atomic E-state index is 12.2. The van der Waals surface area contributed by atoms with Gasteiger partial charge in [-0.1, -0.05) is 16.5 Å². The van der Waals surface area contributed by atoms with Gasteiger partial charge in [-0.3, -0.25) is 9.59 Å². The first-order valence-electron chi connectivity index (χ1n) is 9.49. The number of rotatable bonds is 12. The summed E-state index contributed by atoms with van der Waals surface area (Å²) in [6.45, 7) is 0.195. The Labute approximate surface area is 189 Å². The van der Waals surface area contributed by atoms with Gasteiger partial charge in [-0.15, -0.1) is 0 Å². The topological polar surface area (TPSA) is 91.9 Å². The standard InChI is InChI=1S/C18H18B6N2O5/c19-17(20,21)26(18(22,23)24)7-4-11-10-25-12-2-1-3-13(16(11)12)31-15(29)6-9-30-8-5-14(27)28/h1-3,10,25H,4-9H2,(H,27,28). The van der Waals surface area contributed by atoms with E-state index in [0.29, 0.717) is 17.6 Å². The van der Waals surface area contributed by atoms with Crippen molar-refractivity contribution in [2.75, 3.05) is 19.8 Å². The number of aromatic nitrogens is 1. The van der Waals surface area contributed by atoms with Crippen molar-refractivity contribution >= 4 is 69.9 Å². The third-order valence-corrected chi connectivity index (χ3v) is 4.42. The number of carbonyl (C=O) groups excluding carboxylic acids is 1. The van der Waals surface area contributed by atoms with Gasteiger partial charge in [0.2, 0.25) is 0 Å². The number of fused-ring (bicyclic) bond motifs is 1. The molecule has 0 saturated heterocycles. The molecule has 7 nitrogen and oxygen atoms in total. The number of nitrogens with zero attached hydrogens (tertiary/aromatic N) is 1. The van der Waals surface area contributed by atoms with Crippen molar-refractivity contribution < 1.29 is 24.2 Å². The van der Waals surface area contributed by atoms with Crippen LogP contribution in [-0.4, -0.2) is 104 Å². The molecule has 1 aromatic carbocycles. The third-order valence-electron chi connectivity index (χ3n) is 4.42. The Hall–Kier alpha value is -1.99. The molecule has 12 radical (unpaired) electrons. The largest absolute Gasteiger partial charge is 0.481 e. The summed E-state index contributed by atoms with van der Waals surface area (Å²) in [5.74, 6) is -1.15. The molecule has 31 heavy (non-hydrogen) atoms. The SMILES string of the molecule is [B]C([B])([B])N(CCc1c[nH]c2cccc(OC(=O)CCOCCC(=O)O)c12)C([B])([B])[B]. The van der Waals surface area contributed by atoms with E-state index in [2.05, 4.69) is 4.98 Å². The zero-order valence-corrected chi connectivity index (χ0v) is 17.0. The van der Waals surface area contributed by atoms with Crippen molar-refractivity contribution in [3.8, 4) is 5.75 Å². The Balaban J connectivity index is 2.08. The van der Waals surface area contributed by atoms with Gasteiger partial charge in [-0.2, -0.15) is 0 Å². The van der Waals surface area contributed by atoms with E-state index < -0.39 is 22.4 Å². The lowest BCUT2D eigenvalue weighted by Gasteiger charge is -2.48. The predicted molar refractivity (Wildman–Crippen MR) is 122 cm³/mol. The van der Waals surface area contributed by atoms with Crippen LogP contribution in [0.3, 0.4) is 0 Å². The van der Waals surface area contributed by atoms with Gasteiger partial charge in [-0.05, 0) is 30.7 Å². The number of carboxylic acids is 1. The highest BCUT2D eigenvalue weighted by molar-refractivity contribution is 6.63. The van der Waals surface area contributed by atoms with Gasteiger partial charge in [0.25, 0.3) is 0 Å². The lowest BCUT2D eigenvalue weighted by molar-refractivity contribution is -0.138. The molecule has 0 aliphatic heterocycles. The van der Waals surface area contributed by atoms with Crippen LogP contribution in [0, 0.1) is 0 Å². The zero-order chi connectivity index (χ0) is 23.2. The van der Waals surface area contributed by atoms with Crippen LogP contribution < -0.4 is 4.74 Å². The number of aliphatic carboxylic acids is 1. The number of hydrogen-bond acceptors (Lipinski definition) is 5. The minimum Gasteiger partial charge on any atom is -0.481 e. The Kier molecular flexibility index (Phi) is 8.60. The highest BCUT2D eigenvalue weighted by atomic mass is 16.5. The second kappa shape index (κ2) is 10.5. The molecule has 0 atom stereocenters. The molecule has 1 heterocycles. The second-order valence-corrected chi connectivity index (χ2v) is 7.15. The highest BCUT2D eigenvalue weighted by Gasteiger charge is 2.28. The van der Waals surface area contributed by atoms with Gasteiger partial charge in [0.05, 0.1) is 73.1 Å². The molecule has 0 spiro atoms.